The van der Waals surface area contributed by atoms with Gasteiger partial charge >= 0.3 is 0 Å². The minimum Gasteiger partial charge on any atom is -0.497 e. The Morgan fingerprint density at radius 2 is 1.89 bits per heavy atom. The first-order valence-electron chi connectivity index (χ1n) is 7.92. The standard InChI is InChI=1S/C19H16F3N3OS/c1-26-14-6-11(10-27-2)5-13(8-14)24-19-23-9-17(22)18(25-19)15-4-3-12(20)7-16(15)21/h3-9H,10H2,1-2H3,(H,23,24,25). The number of thioether (sulfide) groups is 1. The van der Waals surface area contributed by atoms with Gasteiger partial charge in [-0.3, -0.25) is 0 Å². The molecule has 3 rings (SSSR count). The largest absolute Gasteiger partial charge is 0.497 e. The molecule has 0 aliphatic heterocycles. The lowest BCUT2D eigenvalue weighted by Gasteiger charge is -2.11. The third-order valence-electron chi connectivity index (χ3n) is 3.70. The van der Waals surface area contributed by atoms with Gasteiger partial charge in [0.2, 0.25) is 5.95 Å². The van der Waals surface area contributed by atoms with Gasteiger partial charge in [0, 0.05) is 29.1 Å². The van der Waals surface area contributed by atoms with Crippen LogP contribution in [0.4, 0.5) is 24.8 Å². The van der Waals surface area contributed by atoms with Crippen molar-refractivity contribution >= 4 is 23.4 Å². The first kappa shape index (κ1) is 19.0. The maximum Gasteiger partial charge on any atom is 0.227 e. The number of ether oxygens (including phenoxy) is 1. The molecule has 27 heavy (non-hydrogen) atoms. The van der Waals surface area contributed by atoms with Gasteiger partial charge in [-0.1, -0.05) is 0 Å². The highest BCUT2D eigenvalue weighted by Crippen LogP contribution is 2.28. The van der Waals surface area contributed by atoms with Crippen molar-refractivity contribution in [3.05, 3.63) is 65.6 Å². The number of rotatable bonds is 6. The summed E-state index contributed by atoms with van der Waals surface area (Å²) in [6, 6.07) is 8.41. The van der Waals surface area contributed by atoms with E-state index in [1.54, 1.807) is 24.9 Å². The highest BCUT2D eigenvalue weighted by molar-refractivity contribution is 7.97. The van der Waals surface area contributed by atoms with Crippen LogP contribution >= 0.6 is 11.8 Å². The van der Waals surface area contributed by atoms with E-state index in [-0.39, 0.29) is 17.2 Å². The monoisotopic (exact) mass is 391 g/mol. The number of nitrogens with one attached hydrogen (secondary N) is 1. The van der Waals surface area contributed by atoms with Crippen LogP contribution in [0.25, 0.3) is 11.3 Å². The van der Waals surface area contributed by atoms with Gasteiger partial charge in [-0.15, -0.1) is 0 Å². The molecule has 0 saturated heterocycles. The molecule has 8 heteroatoms. The first-order valence-corrected chi connectivity index (χ1v) is 9.31. The lowest BCUT2D eigenvalue weighted by atomic mass is 10.1. The summed E-state index contributed by atoms with van der Waals surface area (Å²) < 4.78 is 46.5. The minimum absolute atomic E-state index is 0.0819. The summed E-state index contributed by atoms with van der Waals surface area (Å²) >= 11 is 1.66. The first-order chi connectivity index (χ1) is 13.0. The van der Waals surface area contributed by atoms with Crippen LogP contribution in [0.5, 0.6) is 5.75 Å². The quantitative estimate of drug-likeness (QED) is 0.628. The third kappa shape index (κ3) is 4.51. The van der Waals surface area contributed by atoms with Gasteiger partial charge in [0.1, 0.15) is 23.1 Å². The molecule has 1 heterocycles. The molecule has 1 N–H and O–H groups in total. The van der Waals surface area contributed by atoms with Crippen molar-refractivity contribution in [3.8, 4) is 17.0 Å². The fourth-order valence-corrected chi connectivity index (χ4v) is 3.03. The van der Waals surface area contributed by atoms with Crippen molar-refractivity contribution in [1.29, 1.82) is 0 Å². The van der Waals surface area contributed by atoms with Crippen LogP contribution in [-0.4, -0.2) is 23.3 Å². The van der Waals surface area contributed by atoms with Crippen molar-refractivity contribution in [2.45, 2.75) is 5.75 Å². The Morgan fingerprint density at radius 3 is 2.59 bits per heavy atom. The van der Waals surface area contributed by atoms with Crippen molar-refractivity contribution in [2.24, 2.45) is 0 Å². The molecule has 0 spiro atoms. The van der Waals surface area contributed by atoms with Crippen LogP contribution < -0.4 is 10.1 Å². The lowest BCUT2D eigenvalue weighted by Crippen LogP contribution is -2.02. The fourth-order valence-electron chi connectivity index (χ4n) is 2.53. The van der Waals surface area contributed by atoms with Crippen molar-refractivity contribution in [3.63, 3.8) is 0 Å². The molecule has 0 amide bonds. The number of hydrogen-bond donors (Lipinski definition) is 1. The van der Waals surface area contributed by atoms with E-state index in [4.69, 9.17) is 4.74 Å². The normalized spacial score (nSPS) is 10.7. The molecule has 140 valence electrons. The summed E-state index contributed by atoms with van der Waals surface area (Å²) in [6.07, 6.45) is 2.93. The van der Waals surface area contributed by atoms with Crippen LogP contribution in [0.15, 0.2) is 42.6 Å². The molecular weight excluding hydrogens is 375 g/mol. The summed E-state index contributed by atoms with van der Waals surface area (Å²) in [5.74, 6) is -0.944. The second-order valence-corrected chi connectivity index (χ2v) is 6.51. The maximum atomic E-state index is 14.1. The van der Waals surface area contributed by atoms with E-state index in [1.807, 2.05) is 18.4 Å². The summed E-state index contributed by atoms with van der Waals surface area (Å²) in [5, 5.41) is 2.97. The third-order valence-corrected chi connectivity index (χ3v) is 4.32. The fraction of sp³-hybridized carbons (Fsp3) is 0.158. The van der Waals surface area contributed by atoms with E-state index in [1.165, 1.54) is 0 Å². The summed E-state index contributed by atoms with van der Waals surface area (Å²) in [6.45, 7) is 0. The van der Waals surface area contributed by atoms with Gasteiger partial charge in [-0.05, 0) is 36.1 Å². The molecule has 0 atom stereocenters. The number of methoxy groups -OCH3 is 1. The minimum atomic E-state index is -0.901. The molecule has 0 unspecified atom stereocenters. The molecular formula is C19H16F3N3OS. The Labute approximate surface area is 158 Å². The van der Waals surface area contributed by atoms with E-state index in [0.29, 0.717) is 17.5 Å². The number of benzene rings is 2. The molecule has 0 aliphatic rings. The van der Waals surface area contributed by atoms with E-state index in [9.17, 15) is 13.2 Å². The zero-order valence-electron chi connectivity index (χ0n) is 14.6. The summed E-state index contributed by atoms with van der Waals surface area (Å²) in [5.41, 5.74) is 1.28. The summed E-state index contributed by atoms with van der Waals surface area (Å²) in [7, 11) is 1.56. The van der Waals surface area contributed by atoms with Gasteiger partial charge in [0.05, 0.1) is 13.3 Å². The van der Waals surface area contributed by atoms with E-state index < -0.39 is 17.5 Å². The lowest BCUT2D eigenvalue weighted by molar-refractivity contribution is 0.414. The highest BCUT2D eigenvalue weighted by Gasteiger charge is 2.15. The Kier molecular flexibility index (Phi) is 5.85. The SMILES string of the molecule is COc1cc(CSC)cc(Nc2ncc(F)c(-c3ccc(F)cc3F)n2)c1. The number of anilines is 2. The van der Waals surface area contributed by atoms with Crippen molar-refractivity contribution in [1.82, 2.24) is 9.97 Å². The molecule has 1 aromatic heterocycles. The zero-order valence-corrected chi connectivity index (χ0v) is 15.4. The van der Waals surface area contributed by atoms with E-state index in [0.717, 1.165) is 29.6 Å². The molecule has 0 aliphatic carbocycles. The second-order valence-electron chi connectivity index (χ2n) is 5.64. The molecule has 2 aromatic carbocycles. The predicted octanol–water partition coefficient (Wildman–Crippen LogP) is 5.18. The van der Waals surface area contributed by atoms with Crippen LogP contribution in [-0.2, 0) is 5.75 Å². The highest BCUT2D eigenvalue weighted by atomic mass is 32.2. The predicted molar refractivity (Wildman–Crippen MR) is 101 cm³/mol. The van der Waals surface area contributed by atoms with Gasteiger partial charge in [0.25, 0.3) is 0 Å². The molecule has 0 bridgehead atoms. The van der Waals surface area contributed by atoms with Gasteiger partial charge in [-0.2, -0.15) is 11.8 Å². The Morgan fingerprint density at radius 1 is 1.07 bits per heavy atom. The number of halogens is 3. The number of aromatic nitrogens is 2. The molecule has 0 saturated carbocycles. The van der Waals surface area contributed by atoms with Crippen LogP contribution in [0, 0.1) is 17.5 Å². The number of nitrogens with zero attached hydrogens (tertiary/aromatic N) is 2. The molecule has 0 fully saturated rings. The van der Waals surface area contributed by atoms with Crippen molar-refractivity contribution < 1.29 is 17.9 Å². The van der Waals surface area contributed by atoms with Crippen molar-refractivity contribution in [2.75, 3.05) is 18.7 Å². The van der Waals surface area contributed by atoms with E-state index >= 15 is 0 Å². The molecule has 3 aromatic rings. The Bertz CT molecular complexity index is 969. The van der Waals surface area contributed by atoms with Crippen LogP contribution in [0.2, 0.25) is 0 Å². The average molecular weight is 391 g/mol. The smallest absolute Gasteiger partial charge is 0.227 e. The molecule has 4 nitrogen and oxygen atoms in total. The Balaban J connectivity index is 1.96. The van der Waals surface area contributed by atoms with Gasteiger partial charge < -0.3 is 10.1 Å². The van der Waals surface area contributed by atoms with Crippen LogP contribution in [0.1, 0.15) is 5.56 Å². The Hall–Kier alpha value is -2.74. The average Bonchev–Trinajstić information content (AvgIpc) is 2.64. The zero-order chi connectivity index (χ0) is 19.4. The maximum absolute atomic E-state index is 14.1. The second kappa shape index (κ2) is 8.30. The number of hydrogen-bond acceptors (Lipinski definition) is 5. The van der Waals surface area contributed by atoms with Gasteiger partial charge in [0.15, 0.2) is 5.82 Å². The topological polar surface area (TPSA) is 47.0 Å². The molecule has 0 radical (unpaired) electrons. The van der Waals surface area contributed by atoms with Crippen LogP contribution in [0.3, 0.4) is 0 Å². The van der Waals surface area contributed by atoms with E-state index in [2.05, 4.69) is 15.3 Å². The van der Waals surface area contributed by atoms with Gasteiger partial charge in [-0.25, -0.2) is 23.1 Å². The summed E-state index contributed by atoms with van der Waals surface area (Å²) in [4.78, 5) is 7.95.